The summed E-state index contributed by atoms with van der Waals surface area (Å²) >= 11 is 0. The average Bonchev–Trinajstić information content (AvgIpc) is 2.38. The molecule has 0 atom stereocenters. The molecule has 0 spiro atoms. The molecule has 104 valence electrons. The van der Waals surface area contributed by atoms with Crippen LogP contribution in [0.4, 0.5) is 5.69 Å². The van der Waals surface area contributed by atoms with Crippen molar-refractivity contribution in [3.63, 3.8) is 0 Å². The number of anilines is 1. The number of hydrogen-bond donors (Lipinski definition) is 3. The standard InChI is InChI=1S/C11H15N3O4S/c15-9-8-13-6-3-7-14(12-13)10-4-1-2-5-11(10)19(16,17)18/h1-5,7,12,15H,6,8-9H2,(H,16,17,18). The molecular weight excluding hydrogens is 270 g/mol. The molecule has 1 heterocycles. The number of hydrogen-bond acceptors (Lipinski definition) is 6. The first-order chi connectivity index (χ1) is 9.02. The third kappa shape index (κ3) is 3.31. The Bertz CT molecular complexity index is 573. The predicted molar refractivity (Wildman–Crippen MR) is 69.7 cm³/mol. The maximum atomic E-state index is 11.3. The monoisotopic (exact) mass is 285 g/mol. The minimum absolute atomic E-state index is 0.0192. The summed E-state index contributed by atoms with van der Waals surface area (Å²) in [5.41, 5.74) is 3.24. The van der Waals surface area contributed by atoms with Gasteiger partial charge in [-0.3, -0.25) is 9.56 Å². The Hall–Kier alpha value is -1.45. The van der Waals surface area contributed by atoms with Crippen molar-refractivity contribution in [1.82, 2.24) is 10.5 Å². The van der Waals surface area contributed by atoms with Gasteiger partial charge in [-0.2, -0.15) is 14.0 Å². The van der Waals surface area contributed by atoms with E-state index in [4.69, 9.17) is 5.11 Å². The molecule has 0 aromatic heterocycles. The Morgan fingerprint density at radius 1 is 1.32 bits per heavy atom. The quantitative estimate of drug-likeness (QED) is 0.669. The van der Waals surface area contributed by atoms with E-state index in [-0.39, 0.29) is 11.5 Å². The number of aliphatic hydroxyl groups is 1. The molecule has 2 rings (SSSR count). The summed E-state index contributed by atoms with van der Waals surface area (Å²) in [5.74, 6) is 0. The number of para-hydroxylation sites is 1. The van der Waals surface area contributed by atoms with E-state index in [9.17, 15) is 13.0 Å². The van der Waals surface area contributed by atoms with Gasteiger partial charge in [0.05, 0.1) is 12.3 Å². The number of aliphatic hydroxyl groups excluding tert-OH is 1. The molecule has 19 heavy (non-hydrogen) atoms. The lowest BCUT2D eigenvalue weighted by atomic mass is 10.3. The van der Waals surface area contributed by atoms with Crippen LogP contribution in [-0.2, 0) is 10.1 Å². The van der Waals surface area contributed by atoms with Gasteiger partial charge in [-0.15, -0.1) is 0 Å². The largest absolute Gasteiger partial charge is 0.395 e. The first-order valence-electron chi connectivity index (χ1n) is 5.67. The normalized spacial score (nSPS) is 16.8. The van der Waals surface area contributed by atoms with E-state index < -0.39 is 10.1 Å². The van der Waals surface area contributed by atoms with Crippen LogP contribution in [0.3, 0.4) is 0 Å². The smallest absolute Gasteiger partial charge is 0.296 e. The molecule has 0 radical (unpaired) electrons. The molecule has 1 aliphatic rings. The van der Waals surface area contributed by atoms with Crippen LogP contribution in [0.5, 0.6) is 0 Å². The Labute approximate surface area is 111 Å². The van der Waals surface area contributed by atoms with E-state index in [2.05, 4.69) is 5.53 Å². The number of rotatable bonds is 4. The fourth-order valence-corrected chi connectivity index (χ4v) is 2.46. The molecule has 1 aromatic rings. The highest BCUT2D eigenvalue weighted by molar-refractivity contribution is 7.86. The highest BCUT2D eigenvalue weighted by Gasteiger charge is 2.21. The van der Waals surface area contributed by atoms with Crippen LogP contribution in [-0.4, -0.2) is 42.8 Å². The van der Waals surface area contributed by atoms with E-state index in [1.165, 1.54) is 17.1 Å². The maximum absolute atomic E-state index is 11.3. The number of benzene rings is 1. The van der Waals surface area contributed by atoms with Gasteiger partial charge in [0.25, 0.3) is 10.1 Å². The fraction of sp³-hybridized carbons (Fsp3) is 0.273. The third-order valence-corrected chi connectivity index (χ3v) is 3.50. The maximum Gasteiger partial charge on any atom is 0.296 e. The van der Waals surface area contributed by atoms with Crippen molar-refractivity contribution in [3.8, 4) is 0 Å². The van der Waals surface area contributed by atoms with Gasteiger partial charge in [-0.25, -0.2) is 5.01 Å². The second kappa shape index (κ2) is 5.68. The Kier molecular flexibility index (Phi) is 4.17. The molecule has 0 saturated carbocycles. The van der Waals surface area contributed by atoms with Crippen LogP contribution in [0.2, 0.25) is 0 Å². The van der Waals surface area contributed by atoms with Crippen molar-refractivity contribution in [1.29, 1.82) is 0 Å². The lowest BCUT2D eigenvalue weighted by Crippen LogP contribution is -2.51. The van der Waals surface area contributed by atoms with Crippen molar-refractivity contribution in [2.24, 2.45) is 0 Å². The molecule has 0 amide bonds. The number of β-amino-alcohol motifs (C(OH)–C–C–N with tert-alkyl or cyclic N) is 1. The molecule has 8 heteroatoms. The van der Waals surface area contributed by atoms with Crippen LogP contribution in [0, 0.1) is 0 Å². The zero-order chi connectivity index (χ0) is 13.9. The van der Waals surface area contributed by atoms with Crippen LogP contribution < -0.4 is 10.5 Å². The second-order valence-electron chi connectivity index (χ2n) is 3.97. The van der Waals surface area contributed by atoms with Gasteiger partial charge in [0.15, 0.2) is 0 Å². The zero-order valence-corrected chi connectivity index (χ0v) is 10.9. The summed E-state index contributed by atoms with van der Waals surface area (Å²) in [7, 11) is -4.30. The zero-order valence-electron chi connectivity index (χ0n) is 10.1. The number of nitrogens with one attached hydrogen (secondary N) is 1. The van der Waals surface area contributed by atoms with Gasteiger partial charge in [0.1, 0.15) is 4.90 Å². The third-order valence-electron chi connectivity index (χ3n) is 2.60. The van der Waals surface area contributed by atoms with E-state index >= 15 is 0 Å². The van der Waals surface area contributed by atoms with E-state index in [0.717, 1.165) is 0 Å². The molecule has 7 nitrogen and oxygen atoms in total. The van der Waals surface area contributed by atoms with E-state index in [0.29, 0.717) is 18.8 Å². The van der Waals surface area contributed by atoms with Crippen molar-refractivity contribution >= 4 is 15.8 Å². The molecule has 1 aliphatic heterocycles. The van der Waals surface area contributed by atoms with Crippen molar-refractivity contribution in [2.75, 3.05) is 24.7 Å². The predicted octanol–water partition coefficient (Wildman–Crippen LogP) is -0.0191. The van der Waals surface area contributed by atoms with Crippen molar-refractivity contribution in [3.05, 3.63) is 36.5 Å². The Morgan fingerprint density at radius 3 is 2.74 bits per heavy atom. The van der Waals surface area contributed by atoms with E-state index in [1.54, 1.807) is 23.3 Å². The van der Waals surface area contributed by atoms with E-state index in [1.807, 2.05) is 6.08 Å². The van der Waals surface area contributed by atoms with Gasteiger partial charge in [-0.1, -0.05) is 18.2 Å². The summed E-state index contributed by atoms with van der Waals surface area (Å²) in [4.78, 5) is -0.182. The van der Waals surface area contributed by atoms with Crippen LogP contribution in [0.1, 0.15) is 0 Å². The topological polar surface area (TPSA) is 93.1 Å². The summed E-state index contributed by atoms with van der Waals surface area (Å²) < 4.78 is 31.9. The van der Waals surface area contributed by atoms with Crippen molar-refractivity contribution in [2.45, 2.75) is 4.90 Å². The van der Waals surface area contributed by atoms with Crippen LogP contribution in [0.25, 0.3) is 0 Å². The molecule has 0 unspecified atom stereocenters. The highest BCUT2D eigenvalue weighted by Crippen LogP contribution is 2.24. The summed E-state index contributed by atoms with van der Waals surface area (Å²) in [6, 6.07) is 6.10. The second-order valence-corrected chi connectivity index (χ2v) is 5.36. The highest BCUT2D eigenvalue weighted by atomic mass is 32.2. The minimum atomic E-state index is -4.30. The van der Waals surface area contributed by atoms with Crippen LogP contribution in [0.15, 0.2) is 41.4 Å². The average molecular weight is 285 g/mol. The van der Waals surface area contributed by atoms with Gasteiger partial charge in [0.2, 0.25) is 0 Å². The van der Waals surface area contributed by atoms with Gasteiger partial charge in [-0.05, 0) is 12.1 Å². The lowest BCUT2D eigenvalue weighted by molar-refractivity contribution is 0.151. The molecule has 0 bridgehead atoms. The summed E-state index contributed by atoms with van der Waals surface area (Å²) in [6.07, 6.45) is 3.48. The summed E-state index contributed by atoms with van der Waals surface area (Å²) in [5, 5.41) is 12.1. The fourth-order valence-electron chi connectivity index (χ4n) is 1.78. The van der Waals surface area contributed by atoms with Gasteiger partial charge in [0, 0.05) is 19.3 Å². The molecule has 1 aromatic carbocycles. The Balaban J connectivity index is 2.32. The van der Waals surface area contributed by atoms with Crippen LogP contribution >= 0.6 is 0 Å². The lowest BCUT2D eigenvalue weighted by Gasteiger charge is -2.33. The SMILES string of the molecule is O=S(=O)(O)c1ccccc1N1C=CCN(CCO)N1. The molecule has 0 saturated heterocycles. The Morgan fingerprint density at radius 2 is 2.05 bits per heavy atom. The van der Waals surface area contributed by atoms with Gasteiger partial charge < -0.3 is 5.11 Å². The first-order valence-corrected chi connectivity index (χ1v) is 7.11. The number of hydrazine groups is 2. The number of nitrogens with zero attached hydrogens (tertiary/aromatic N) is 2. The van der Waals surface area contributed by atoms with Crippen molar-refractivity contribution < 1.29 is 18.1 Å². The molecular formula is C11H15N3O4S. The summed E-state index contributed by atoms with van der Waals surface area (Å²) in [6.45, 7) is 0.967. The molecule has 0 aliphatic carbocycles. The first kappa shape index (κ1) is 14.0. The molecule has 0 fully saturated rings. The minimum Gasteiger partial charge on any atom is -0.395 e. The van der Waals surface area contributed by atoms with Gasteiger partial charge >= 0.3 is 0 Å². The molecule has 3 N–H and O–H groups in total.